The molecule has 10 heteroatoms. The van der Waals surface area contributed by atoms with Crippen molar-refractivity contribution in [2.75, 3.05) is 13.1 Å². The zero-order valence-electron chi connectivity index (χ0n) is 15.1. The number of pyridine rings is 1. The molecule has 1 atom stereocenters. The van der Waals surface area contributed by atoms with Crippen LogP contribution in [0.1, 0.15) is 53.1 Å². The van der Waals surface area contributed by atoms with Crippen LogP contribution < -0.4 is 0 Å². The smallest absolute Gasteiger partial charge is 0.337 e. The van der Waals surface area contributed by atoms with Crippen molar-refractivity contribution in [1.82, 2.24) is 25.2 Å². The van der Waals surface area contributed by atoms with Crippen molar-refractivity contribution >= 4 is 17.0 Å². The second-order valence-corrected chi connectivity index (χ2v) is 6.82. The van der Waals surface area contributed by atoms with Crippen molar-refractivity contribution in [3.8, 4) is 0 Å². The number of H-pyrrole nitrogens is 1. The summed E-state index contributed by atoms with van der Waals surface area (Å²) in [4.78, 5) is 18.3. The normalized spacial score (nSPS) is 18.0. The van der Waals surface area contributed by atoms with Crippen LogP contribution in [0.2, 0.25) is 0 Å². The van der Waals surface area contributed by atoms with E-state index in [9.17, 15) is 18.0 Å². The molecule has 0 unspecified atom stereocenters. The maximum atomic E-state index is 13.7. The Morgan fingerprint density at radius 2 is 2.25 bits per heavy atom. The third-order valence-corrected chi connectivity index (χ3v) is 5.02. The van der Waals surface area contributed by atoms with Gasteiger partial charge in [0.05, 0.1) is 16.6 Å². The molecular weight excluding hydrogens is 375 g/mol. The molecule has 1 aliphatic heterocycles. The van der Waals surface area contributed by atoms with Crippen molar-refractivity contribution in [2.24, 2.45) is 0 Å². The Morgan fingerprint density at radius 1 is 1.43 bits per heavy atom. The summed E-state index contributed by atoms with van der Waals surface area (Å²) in [6.07, 6.45) is -1.45. The van der Waals surface area contributed by atoms with E-state index in [0.717, 1.165) is 6.07 Å². The molecule has 3 aromatic heterocycles. The fourth-order valence-corrected chi connectivity index (χ4v) is 3.64. The Bertz CT molecular complexity index is 997. The van der Waals surface area contributed by atoms with Crippen LogP contribution in [0.5, 0.6) is 0 Å². The highest BCUT2D eigenvalue weighted by atomic mass is 19.4. The van der Waals surface area contributed by atoms with Gasteiger partial charge in [-0.25, -0.2) is 4.98 Å². The van der Waals surface area contributed by atoms with Gasteiger partial charge in [-0.15, -0.1) is 0 Å². The van der Waals surface area contributed by atoms with E-state index < -0.39 is 11.7 Å². The number of nitrogens with one attached hydrogen (secondary N) is 1. The third kappa shape index (κ3) is 3.23. The first kappa shape index (κ1) is 18.5. The number of aromatic nitrogens is 4. The minimum atomic E-state index is -4.55. The number of carbonyl (C=O) groups excluding carboxylic acids is 1. The number of rotatable bonds is 3. The van der Waals surface area contributed by atoms with Gasteiger partial charge in [-0.05, 0) is 31.4 Å². The summed E-state index contributed by atoms with van der Waals surface area (Å²) < 4.78 is 46.2. The molecule has 0 saturated carbocycles. The molecule has 1 N–H and O–H groups in total. The minimum Gasteiger partial charge on any atom is -0.337 e. The van der Waals surface area contributed by atoms with E-state index in [0.29, 0.717) is 37.2 Å². The molecule has 0 radical (unpaired) electrons. The van der Waals surface area contributed by atoms with Crippen LogP contribution in [-0.2, 0) is 12.6 Å². The topological polar surface area (TPSA) is 87.9 Å². The predicted molar refractivity (Wildman–Crippen MR) is 92.7 cm³/mol. The molecule has 0 aliphatic carbocycles. The Hall–Kier alpha value is -2.91. The highest BCUT2D eigenvalue weighted by Gasteiger charge is 2.38. The number of carbonyl (C=O) groups is 1. The number of hydrogen-bond donors (Lipinski definition) is 1. The lowest BCUT2D eigenvalue weighted by Crippen LogP contribution is -2.39. The van der Waals surface area contributed by atoms with Gasteiger partial charge in [0, 0.05) is 30.9 Å². The monoisotopic (exact) mass is 393 g/mol. The van der Waals surface area contributed by atoms with Crippen molar-refractivity contribution < 1.29 is 22.5 Å². The Morgan fingerprint density at radius 3 is 2.93 bits per heavy atom. The van der Waals surface area contributed by atoms with E-state index >= 15 is 0 Å². The second kappa shape index (κ2) is 6.92. The maximum Gasteiger partial charge on any atom is 0.417 e. The van der Waals surface area contributed by atoms with E-state index in [4.69, 9.17) is 4.52 Å². The average Bonchev–Trinajstić information content (AvgIpc) is 3.35. The van der Waals surface area contributed by atoms with Crippen LogP contribution in [0.3, 0.4) is 0 Å². The summed E-state index contributed by atoms with van der Waals surface area (Å²) in [5.74, 6) is -0.602. The Kier molecular flexibility index (Phi) is 4.56. The lowest BCUT2D eigenvalue weighted by Gasteiger charge is -2.31. The fraction of sp³-hybridized carbons (Fsp3) is 0.444. The maximum absolute atomic E-state index is 13.7. The molecule has 4 rings (SSSR count). The fourth-order valence-electron chi connectivity index (χ4n) is 3.64. The number of piperidine rings is 1. The average molecular weight is 393 g/mol. The van der Waals surface area contributed by atoms with Gasteiger partial charge in [0.15, 0.2) is 0 Å². The predicted octanol–water partition coefficient (Wildman–Crippen LogP) is 3.55. The minimum absolute atomic E-state index is 0.106. The SMILES string of the molecule is CCc1cc(C(F)(F)F)c2c([C@H]3CCCN(C(=O)c4ccn[nH]4)C3)noc2n1. The number of aromatic amines is 1. The van der Waals surface area contributed by atoms with Crippen molar-refractivity contribution in [2.45, 2.75) is 38.3 Å². The number of alkyl halides is 3. The van der Waals surface area contributed by atoms with Gasteiger partial charge >= 0.3 is 6.18 Å². The third-order valence-electron chi connectivity index (χ3n) is 5.02. The number of amides is 1. The summed E-state index contributed by atoms with van der Waals surface area (Å²) in [6.45, 7) is 2.51. The first-order valence-electron chi connectivity index (χ1n) is 9.03. The van der Waals surface area contributed by atoms with Crippen molar-refractivity contribution in [3.63, 3.8) is 0 Å². The first-order valence-corrected chi connectivity index (χ1v) is 9.03. The molecular formula is C18H18F3N5O2. The molecule has 1 amide bonds. The lowest BCUT2D eigenvalue weighted by atomic mass is 9.91. The summed E-state index contributed by atoms with van der Waals surface area (Å²) >= 11 is 0. The summed E-state index contributed by atoms with van der Waals surface area (Å²) in [7, 11) is 0. The van der Waals surface area contributed by atoms with E-state index in [2.05, 4.69) is 20.3 Å². The molecule has 28 heavy (non-hydrogen) atoms. The number of aryl methyl sites for hydroxylation is 1. The zero-order chi connectivity index (χ0) is 19.9. The summed E-state index contributed by atoms with van der Waals surface area (Å²) in [5.41, 5.74) is -0.0565. The Labute approximate surface area is 157 Å². The van der Waals surface area contributed by atoms with Gasteiger partial charge < -0.3 is 9.42 Å². The number of likely N-dealkylation sites (tertiary alicyclic amines) is 1. The van der Waals surface area contributed by atoms with Crippen molar-refractivity contribution in [3.05, 3.63) is 41.0 Å². The highest BCUT2D eigenvalue weighted by Crippen LogP contribution is 2.40. The number of nitrogens with zero attached hydrogens (tertiary/aromatic N) is 4. The Balaban J connectivity index is 1.71. The number of halogens is 3. The summed E-state index contributed by atoms with van der Waals surface area (Å²) in [6, 6.07) is 2.62. The zero-order valence-corrected chi connectivity index (χ0v) is 15.1. The molecule has 7 nitrogen and oxygen atoms in total. The van der Waals surface area contributed by atoms with E-state index in [1.807, 2.05) is 0 Å². The van der Waals surface area contributed by atoms with Crippen LogP contribution in [0.25, 0.3) is 11.1 Å². The van der Waals surface area contributed by atoms with Crippen LogP contribution in [0, 0.1) is 0 Å². The highest BCUT2D eigenvalue weighted by molar-refractivity contribution is 5.92. The van der Waals surface area contributed by atoms with Crippen LogP contribution in [-0.4, -0.2) is 44.2 Å². The van der Waals surface area contributed by atoms with Gasteiger partial charge in [-0.1, -0.05) is 12.1 Å². The van der Waals surface area contributed by atoms with Gasteiger partial charge in [-0.3, -0.25) is 9.89 Å². The number of fused-ring (bicyclic) bond motifs is 1. The van der Waals surface area contributed by atoms with Crippen LogP contribution in [0.4, 0.5) is 13.2 Å². The van der Waals surface area contributed by atoms with Gasteiger partial charge in [-0.2, -0.15) is 18.3 Å². The second-order valence-electron chi connectivity index (χ2n) is 6.82. The van der Waals surface area contributed by atoms with Gasteiger partial charge in [0.25, 0.3) is 11.6 Å². The quantitative estimate of drug-likeness (QED) is 0.735. The van der Waals surface area contributed by atoms with Crippen molar-refractivity contribution in [1.29, 1.82) is 0 Å². The van der Waals surface area contributed by atoms with Crippen LogP contribution >= 0.6 is 0 Å². The summed E-state index contributed by atoms with van der Waals surface area (Å²) in [5, 5.41) is 10.2. The molecule has 0 bridgehead atoms. The molecule has 3 aromatic rings. The molecule has 0 spiro atoms. The number of hydrogen-bond acceptors (Lipinski definition) is 5. The lowest BCUT2D eigenvalue weighted by molar-refractivity contribution is -0.136. The molecule has 0 aromatic carbocycles. The molecule has 1 saturated heterocycles. The molecule has 1 fully saturated rings. The van der Waals surface area contributed by atoms with Gasteiger partial charge in [0.1, 0.15) is 5.69 Å². The molecule has 1 aliphatic rings. The first-order chi connectivity index (χ1) is 13.4. The van der Waals surface area contributed by atoms with E-state index in [1.165, 1.54) is 6.20 Å². The largest absolute Gasteiger partial charge is 0.417 e. The van der Waals surface area contributed by atoms with E-state index in [-0.39, 0.29) is 35.2 Å². The van der Waals surface area contributed by atoms with E-state index in [1.54, 1.807) is 17.9 Å². The standard InChI is InChI=1S/C18H18F3N5O2/c1-2-11-8-12(18(19,20)21)14-15(25-28-16(14)23-11)10-4-3-7-26(9-10)17(27)13-5-6-22-24-13/h5-6,8,10H,2-4,7,9H2,1H3,(H,22,24)/t10-/m0/s1. The molecule has 4 heterocycles. The van der Waals surface area contributed by atoms with Gasteiger partial charge in [0.2, 0.25) is 0 Å². The van der Waals surface area contributed by atoms with Crippen LogP contribution in [0.15, 0.2) is 22.9 Å². The molecule has 148 valence electrons.